The summed E-state index contributed by atoms with van der Waals surface area (Å²) in [6.07, 6.45) is 0. The van der Waals surface area contributed by atoms with Gasteiger partial charge in [-0.2, -0.15) is 0 Å². The molecule has 0 aliphatic heterocycles. The van der Waals surface area contributed by atoms with Crippen molar-refractivity contribution in [2.24, 2.45) is 0 Å². The first-order valence-corrected chi connectivity index (χ1v) is 8.66. The minimum atomic E-state index is -0.672. The summed E-state index contributed by atoms with van der Waals surface area (Å²) in [4.78, 5) is 24.6. The lowest BCUT2D eigenvalue weighted by atomic mass is 10.1. The van der Waals surface area contributed by atoms with E-state index in [2.05, 4.69) is 26.4 Å². The number of benzene rings is 1. The van der Waals surface area contributed by atoms with Crippen molar-refractivity contribution in [3.8, 4) is 11.3 Å². The fourth-order valence-electron chi connectivity index (χ4n) is 2.17. The van der Waals surface area contributed by atoms with E-state index in [1.807, 2.05) is 0 Å². The number of amides is 1. The Bertz CT molecular complexity index is 948. The van der Waals surface area contributed by atoms with Crippen LogP contribution in [0.5, 0.6) is 0 Å². The maximum atomic E-state index is 12.4. The van der Waals surface area contributed by atoms with E-state index in [4.69, 9.17) is 25.3 Å². The molecule has 0 spiro atoms. The predicted octanol–water partition coefficient (Wildman–Crippen LogP) is 4.78. The monoisotopic (exact) mass is 438 g/mol. The van der Waals surface area contributed by atoms with Crippen molar-refractivity contribution in [2.45, 2.75) is 6.92 Å². The van der Waals surface area contributed by atoms with Gasteiger partial charge >= 0.3 is 5.97 Å². The van der Waals surface area contributed by atoms with Crippen LogP contribution in [0, 0.1) is 0 Å². The third-order valence-electron chi connectivity index (χ3n) is 3.31. The average molecular weight is 440 g/mol. The zero-order valence-corrected chi connectivity index (χ0v) is 15.8. The maximum Gasteiger partial charge on any atom is 0.346 e. The molecule has 1 amide bonds. The van der Waals surface area contributed by atoms with Gasteiger partial charge in [0.2, 0.25) is 5.88 Å². The van der Waals surface area contributed by atoms with Crippen molar-refractivity contribution in [2.75, 3.05) is 11.9 Å². The smallest absolute Gasteiger partial charge is 0.346 e. The van der Waals surface area contributed by atoms with Gasteiger partial charge in [-0.25, -0.2) is 4.79 Å². The zero-order chi connectivity index (χ0) is 18.7. The number of carbonyl (C=O) groups is 2. The number of esters is 1. The molecular weight excluding hydrogens is 428 g/mol. The molecule has 0 atom stereocenters. The summed E-state index contributed by atoms with van der Waals surface area (Å²) in [5.41, 5.74) is 0.826. The molecule has 0 saturated carbocycles. The molecule has 26 heavy (non-hydrogen) atoms. The molecule has 3 aromatic rings. The fourth-order valence-corrected chi connectivity index (χ4v) is 2.61. The van der Waals surface area contributed by atoms with Gasteiger partial charge in [0.05, 0.1) is 6.61 Å². The second kappa shape index (κ2) is 7.76. The van der Waals surface area contributed by atoms with Crippen LogP contribution < -0.4 is 5.32 Å². The minimum Gasteiger partial charge on any atom is -0.462 e. The normalized spacial score (nSPS) is 10.6. The van der Waals surface area contributed by atoms with Crippen molar-refractivity contribution in [3.63, 3.8) is 0 Å². The van der Waals surface area contributed by atoms with Crippen LogP contribution in [-0.2, 0) is 4.74 Å². The molecule has 9 heteroatoms. The van der Waals surface area contributed by atoms with Crippen molar-refractivity contribution in [1.82, 2.24) is 5.16 Å². The summed E-state index contributed by atoms with van der Waals surface area (Å²) in [5, 5.41) is 6.90. The summed E-state index contributed by atoms with van der Waals surface area (Å²) in [6.45, 7) is 1.83. The van der Waals surface area contributed by atoms with Gasteiger partial charge in [0.15, 0.2) is 16.0 Å². The molecule has 0 saturated heterocycles. The Morgan fingerprint density at radius 1 is 1.23 bits per heavy atom. The summed E-state index contributed by atoms with van der Waals surface area (Å²) in [6, 6.07) is 9.70. The molecule has 1 N–H and O–H groups in total. The molecule has 0 radical (unpaired) electrons. The first-order chi connectivity index (χ1) is 12.5. The van der Waals surface area contributed by atoms with E-state index < -0.39 is 11.9 Å². The quantitative estimate of drug-likeness (QED) is 0.575. The predicted molar refractivity (Wildman–Crippen MR) is 97.3 cm³/mol. The standard InChI is InChI=1S/C17H12BrClN2O5/c1-2-24-17(23)13-14(9-3-5-10(19)6-4-9)21-26-16(13)20-15(22)11-7-8-12(18)25-11/h3-8H,2H2,1H3,(H,20,22). The highest BCUT2D eigenvalue weighted by molar-refractivity contribution is 9.10. The van der Waals surface area contributed by atoms with Gasteiger partial charge < -0.3 is 13.7 Å². The minimum absolute atomic E-state index is 0.00754. The number of hydrogen-bond donors (Lipinski definition) is 1. The van der Waals surface area contributed by atoms with Gasteiger partial charge in [-0.15, -0.1) is 0 Å². The number of rotatable bonds is 5. The van der Waals surface area contributed by atoms with Gasteiger partial charge in [-0.1, -0.05) is 28.9 Å². The van der Waals surface area contributed by atoms with E-state index in [1.165, 1.54) is 6.07 Å². The van der Waals surface area contributed by atoms with Gasteiger partial charge in [-0.3, -0.25) is 10.1 Å². The fraction of sp³-hybridized carbons (Fsp3) is 0.118. The highest BCUT2D eigenvalue weighted by Crippen LogP contribution is 2.31. The number of hydrogen-bond acceptors (Lipinski definition) is 6. The molecule has 0 aliphatic carbocycles. The molecule has 0 fully saturated rings. The highest BCUT2D eigenvalue weighted by atomic mass is 79.9. The summed E-state index contributed by atoms with van der Waals surface area (Å²) < 4.78 is 15.8. The largest absolute Gasteiger partial charge is 0.462 e. The van der Waals surface area contributed by atoms with E-state index in [0.717, 1.165) is 0 Å². The lowest BCUT2D eigenvalue weighted by Gasteiger charge is -2.05. The van der Waals surface area contributed by atoms with Gasteiger partial charge in [0.25, 0.3) is 5.91 Å². The number of ether oxygens (including phenoxy) is 1. The third-order valence-corrected chi connectivity index (χ3v) is 3.99. The van der Waals surface area contributed by atoms with Crippen molar-refractivity contribution in [1.29, 1.82) is 0 Å². The van der Waals surface area contributed by atoms with Crippen LogP contribution in [0.4, 0.5) is 5.88 Å². The Labute approximate surface area is 161 Å². The van der Waals surface area contributed by atoms with E-state index in [0.29, 0.717) is 15.3 Å². The van der Waals surface area contributed by atoms with E-state index in [-0.39, 0.29) is 29.5 Å². The topological polar surface area (TPSA) is 94.6 Å². The third kappa shape index (κ3) is 3.81. The molecule has 7 nitrogen and oxygen atoms in total. The molecule has 2 aromatic heterocycles. The Morgan fingerprint density at radius 2 is 1.96 bits per heavy atom. The lowest BCUT2D eigenvalue weighted by molar-refractivity contribution is 0.0528. The molecule has 0 unspecified atom stereocenters. The Balaban J connectivity index is 1.98. The lowest BCUT2D eigenvalue weighted by Crippen LogP contribution is -2.14. The van der Waals surface area contributed by atoms with E-state index in [9.17, 15) is 9.59 Å². The van der Waals surface area contributed by atoms with Crippen LogP contribution in [-0.4, -0.2) is 23.6 Å². The second-order valence-corrected chi connectivity index (χ2v) is 6.24. The van der Waals surface area contributed by atoms with Crippen LogP contribution in [0.3, 0.4) is 0 Å². The first-order valence-electron chi connectivity index (χ1n) is 7.49. The number of nitrogens with zero attached hydrogens (tertiary/aromatic N) is 1. The van der Waals surface area contributed by atoms with Gasteiger partial charge in [0, 0.05) is 10.6 Å². The van der Waals surface area contributed by atoms with Crippen LogP contribution in [0.2, 0.25) is 5.02 Å². The SMILES string of the molecule is CCOC(=O)c1c(-c2ccc(Cl)cc2)noc1NC(=O)c1ccc(Br)o1. The highest BCUT2D eigenvalue weighted by Gasteiger charge is 2.27. The number of aromatic nitrogens is 1. The summed E-state index contributed by atoms with van der Waals surface area (Å²) in [7, 11) is 0. The molecule has 0 aliphatic rings. The molecular formula is C17H12BrClN2O5. The van der Waals surface area contributed by atoms with E-state index >= 15 is 0 Å². The Hall–Kier alpha value is -2.58. The summed E-state index contributed by atoms with van der Waals surface area (Å²) >= 11 is 9.01. The van der Waals surface area contributed by atoms with E-state index in [1.54, 1.807) is 37.3 Å². The van der Waals surface area contributed by atoms with Crippen LogP contribution in [0.25, 0.3) is 11.3 Å². The van der Waals surface area contributed by atoms with Crippen LogP contribution >= 0.6 is 27.5 Å². The Morgan fingerprint density at radius 3 is 2.58 bits per heavy atom. The number of halogens is 2. The second-order valence-electron chi connectivity index (χ2n) is 5.02. The molecule has 1 aromatic carbocycles. The molecule has 0 bridgehead atoms. The Kier molecular flexibility index (Phi) is 5.43. The van der Waals surface area contributed by atoms with Crippen molar-refractivity contribution < 1.29 is 23.3 Å². The van der Waals surface area contributed by atoms with Crippen LogP contribution in [0.15, 0.2) is 50.0 Å². The molecule has 3 rings (SSSR count). The van der Waals surface area contributed by atoms with Crippen molar-refractivity contribution >= 4 is 45.3 Å². The number of carbonyl (C=O) groups excluding carboxylic acids is 2. The molecule has 2 heterocycles. The number of furan rings is 1. The number of nitrogens with one attached hydrogen (secondary N) is 1. The number of anilines is 1. The van der Waals surface area contributed by atoms with Crippen molar-refractivity contribution in [3.05, 3.63) is 57.4 Å². The van der Waals surface area contributed by atoms with Gasteiger partial charge in [0.1, 0.15) is 5.69 Å². The maximum absolute atomic E-state index is 12.4. The zero-order valence-electron chi connectivity index (χ0n) is 13.4. The van der Waals surface area contributed by atoms with Crippen LogP contribution in [0.1, 0.15) is 27.8 Å². The summed E-state index contributed by atoms with van der Waals surface area (Å²) in [5.74, 6) is -1.36. The average Bonchev–Trinajstić information content (AvgIpc) is 3.22. The molecule has 134 valence electrons. The first kappa shape index (κ1) is 18.2. The van der Waals surface area contributed by atoms with Gasteiger partial charge in [-0.05, 0) is 47.1 Å².